The van der Waals surface area contributed by atoms with Crippen molar-refractivity contribution in [2.45, 2.75) is 104 Å². The van der Waals surface area contributed by atoms with Crippen molar-refractivity contribution in [1.29, 1.82) is 0 Å². The topological polar surface area (TPSA) is 20.2 Å². The Labute approximate surface area is 156 Å². The van der Waals surface area contributed by atoms with E-state index in [1.54, 1.807) is 11.1 Å². The van der Waals surface area contributed by atoms with E-state index < -0.39 is 5.60 Å². The fourth-order valence-corrected chi connectivity index (χ4v) is 3.99. The summed E-state index contributed by atoms with van der Waals surface area (Å²) in [6.07, 6.45) is 10.7. The van der Waals surface area contributed by atoms with Crippen LogP contribution in [0.15, 0.2) is 46.6 Å². The molecule has 0 amide bonds. The largest absolute Gasteiger partial charge is 0.381 e. The van der Waals surface area contributed by atoms with Gasteiger partial charge in [0.15, 0.2) is 0 Å². The molecule has 1 aliphatic rings. The Morgan fingerprint density at radius 3 is 1.32 bits per heavy atom. The van der Waals surface area contributed by atoms with Gasteiger partial charge in [-0.15, -0.1) is 0 Å². The van der Waals surface area contributed by atoms with Gasteiger partial charge in [0.2, 0.25) is 0 Å². The number of allylic oxidation sites excluding steroid dienone is 4. The molecule has 0 saturated carbocycles. The number of hydrogen-bond acceptors (Lipinski definition) is 1. The average molecular weight is 345 g/mol. The van der Waals surface area contributed by atoms with Crippen molar-refractivity contribution in [3.8, 4) is 0 Å². The van der Waals surface area contributed by atoms with E-state index in [9.17, 15) is 5.11 Å². The van der Waals surface area contributed by atoms with Gasteiger partial charge in [-0.25, -0.2) is 0 Å². The smallest absolute Gasteiger partial charge is 0.104 e. The molecule has 0 heterocycles. The van der Waals surface area contributed by atoms with E-state index in [2.05, 4.69) is 40.9 Å². The molecule has 0 aromatic heterocycles. The predicted molar refractivity (Wildman–Crippen MR) is 112 cm³/mol. The highest BCUT2D eigenvalue weighted by atomic mass is 16.3. The Hall–Kier alpha value is -1.08. The maximum Gasteiger partial charge on any atom is 0.104 e. The summed E-state index contributed by atoms with van der Waals surface area (Å²) in [6.45, 7) is 19.5. The molecule has 0 unspecified atom stereocenters. The van der Waals surface area contributed by atoms with Crippen LogP contribution in [0.3, 0.4) is 0 Å². The molecule has 0 radical (unpaired) electrons. The Morgan fingerprint density at radius 1 is 0.720 bits per heavy atom. The highest BCUT2D eigenvalue weighted by molar-refractivity contribution is 5.46. The van der Waals surface area contributed by atoms with Gasteiger partial charge in [0.25, 0.3) is 0 Å². The zero-order chi connectivity index (χ0) is 19.0. The molecule has 1 nitrogen and oxygen atoms in total. The first-order chi connectivity index (χ1) is 11.8. The summed E-state index contributed by atoms with van der Waals surface area (Å²) in [7, 11) is 0. The summed E-state index contributed by atoms with van der Waals surface area (Å²) in [6, 6.07) is 0. The zero-order valence-electron chi connectivity index (χ0n) is 17.4. The van der Waals surface area contributed by atoms with E-state index >= 15 is 0 Å². The molecule has 142 valence electrons. The maximum absolute atomic E-state index is 11.1. The van der Waals surface area contributed by atoms with Gasteiger partial charge >= 0.3 is 0 Å². The molecule has 0 aromatic carbocycles. The fraction of sp³-hybridized carbons (Fsp3) is 0.667. The molecule has 0 bridgehead atoms. The first-order valence-corrected chi connectivity index (χ1v) is 10.3. The van der Waals surface area contributed by atoms with E-state index in [1.165, 1.54) is 24.0 Å². The van der Waals surface area contributed by atoms with Crippen molar-refractivity contribution < 1.29 is 5.11 Å². The van der Waals surface area contributed by atoms with Crippen LogP contribution in [-0.4, -0.2) is 10.7 Å². The van der Waals surface area contributed by atoms with Gasteiger partial charge in [-0.2, -0.15) is 0 Å². The summed E-state index contributed by atoms with van der Waals surface area (Å²) < 4.78 is 0. The van der Waals surface area contributed by atoms with Crippen LogP contribution < -0.4 is 0 Å². The fourth-order valence-electron chi connectivity index (χ4n) is 3.99. The van der Waals surface area contributed by atoms with Gasteiger partial charge < -0.3 is 5.11 Å². The third-order valence-corrected chi connectivity index (χ3v) is 5.55. The van der Waals surface area contributed by atoms with Crippen LogP contribution >= 0.6 is 0 Å². The minimum Gasteiger partial charge on any atom is -0.381 e. The predicted octanol–water partition coefficient (Wildman–Crippen LogP) is 7.44. The molecule has 0 fully saturated rings. The number of rotatable bonds is 8. The molecular weight excluding hydrogens is 304 g/mol. The lowest BCUT2D eigenvalue weighted by Gasteiger charge is -2.29. The average Bonchev–Trinajstić information content (AvgIpc) is 2.58. The summed E-state index contributed by atoms with van der Waals surface area (Å²) in [5, 5.41) is 11.1. The van der Waals surface area contributed by atoms with Crippen LogP contribution in [-0.2, 0) is 0 Å². The van der Waals surface area contributed by atoms with Crippen LogP contribution in [0, 0.1) is 0 Å². The minimum atomic E-state index is -0.975. The van der Waals surface area contributed by atoms with E-state index in [0.29, 0.717) is 0 Å². The Kier molecular flexibility index (Phi) is 8.93. The molecule has 0 atom stereocenters. The zero-order valence-corrected chi connectivity index (χ0v) is 17.4. The molecule has 0 spiro atoms. The summed E-state index contributed by atoms with van der Waals surface area (Å²) in [4.78, 5) is 0. The van der Waals surface area contributed by atoms with Gasteiger partial charge in [-0.3, -0.25) is 0 Å². The monoisotopic (exact) mass is 344 g/mol. The SMILES string of the molecule is C=C1C/C(CCC)=C(CCC)\C(CCC)=C(\CCC)CC(=C)C1(C)O. The second-order valence-electron chi connectivity index (χ2n) is 7.80. The summed E-state index contributed by atoms with van der Waals surface area (Å²) in [5.74, 6) is 0. The van der Waals surface area contributed by atoms with Gasteiger partial charge in [0, 0.05) is 0 Å². The lowest BCUT2D eigenvalue weighted by molar-refractivity contribution is 0.133. The maximum atomic E-state index is 11.1. The second-order valence-corrected chi connectivity index (χ2v) is 7.80. The van der Waals surface area contributed by atoms with E-state index in [-0.39, 0.29) is 0 Å². The van der Waals surface area contributed by atoms with Crippen molar-refractivity contribution in [3.63, 3.8) is 0 Å². The van der Waals surface area contributed by atoms with Crippen LogP contribution in [0.4, 0.5) is 0 Å². The van der Waals surface area contributed by atoms with E-state index in [4.69, 9.17) is 0 Å². The highest BCUT2D eigenvalue weighted by Gasteiger charge is 2.31. The molecular formula is C24H40O. The summed E-state index contributed by atoms with van der Waals surface area (Å²) in [5.41, 5.74) is 6.98. The minimum absolute atomic E-state index is 0.807. The highest BCUT2D eigenvalue weighted by Crippen LogP contribution is 2.41. The third-order valence-electron chi connectivity index (χ3n) is 5.55. The number of aliphatic hydroxyl groups is 1. The Bertz CT molecular complexity index is 494. The molecule has 1 rings (SSSR count). The van der Waals surface area contributed by atoms with E-state index in [1.807, 2.05) is 6.92 Å². The van der Waals surface area contributed by atoms with Crippen molar-refractivity contribution in [1.82, 2.24) is 0 Å². The van der Waals surface area contributed by atoms with Gasteiger partial charge in [0.05, 0.1) is 0 Å². The molecule has 0 saturated heterocycles. The standard InChI is InChI=1S/C24H40O/c1-8-12-20-16-18(5)24(7,25)19(6)17-21(13-9-2)23(15-11-4)22(20)14-10-3/h25H,5-6,8-17H2,1-4,7H3/b22-20-,23-21-. The number of hydrogen-bond donors (Lipinski definition) is 1. The third kappa shape index (κ3) is 5.45. The van der Waals surface area contributed by atoms with Gasteiger partial charge in [-0.1, -0.05) is 77.7 Å². The van der Waals surface area contributed by atoms with Crippen LogP contribution in [0.25, 0.3) is 0 Å². The quantitative estimate of drug-likeness (QED) is 0.454. The van der Waals surface area contributed by atoms with Gasteiger partial charge in [-0.05, 0) is 67.7 Å². The summed E-state index contributed by atoms with van der Waals surface area (Å²) >= 11 is 0. The van der Waals surface area contributed by atoms with Crippen LogP contribution in [0.5, 0.6) is 0 Å². The first-order valence-electron chi connectivity index (χ1n) is 10.3. The Balaban J connectivity index is 3.64. The molecule has 25 heavy (non-hydrogen) atoms. The molecule has 1 aliphatic carbocycles. The van der Waals surface area contributed by atoms with Crippen molar-refractivity contribution in [3.05, 3.63) is 46.6 Å². The van der Waals surface area contributed by atoms with Crippen molar-refractivity contribution >= 4 is 0 Å². The molecule has 1 N–H and O–H groups in total. The lowest BCUT2D eigenvalue weighted by atomic mass is 9.82. The second kappa shape index (κ2) is 10.2. The van der Waals surface area contributed by atoms with Gasteiger partial charge in [0.1, 0.15) is 5.60 Å². The lowest BCUT2D eigenvalue weighted by Crippen LogP contribution is -2.29. The Morgan fingerprint density at radius 2 is 1.04 bits per heavy atom. The van der Waals surface area contributed by atoms with Crippen molar-refractivity contribution in [2.24, 2.45) is 0 Å². The van der Waals surface area contributed by atoms with Crippen molar-refractivity contribution in [2.75, 3.05) is 0 Å². The first kappa shape index (κ1) is 22.0. The normalized spacial score (nSPS) is 24.9. The van der Waals surface area contributed by atoms with Crippen LogP contribution in [0.1, 0.15) is 98.8 Å². The van der Waals surface area contributed by atoms with E-state index in [0.717, 1.165) is 62.5 Å². The van der Waals surface area contributed by atoms with Crippen LogP contribution in [0.2, 0.25) is 0 Å². The molecule has 1 heteroatoms. The molecule has 0 aliphatic heterocycles. The molecule has 0 aromatic rings.